The Morgan fingerprint density at radius 1 is 1.40 bits per heavy atom. The minimum absolute atomic E-state index is 0.255. The zero-order valence-electron chi connectivity index (χ0n) is 7.84. The number of hydrogen-bond donors (Lipinski definition) is 2. The van der Waals surface area contributed by atoms with Crippen LogP contribution in [0.25, 0.3) is 11.0 Å². The number of nitrogens with two attached hydrogens (primary N) is 1. The zero-order valence-corrected chi connectivity index (χ0v) is 9.36. The van der Waals surface area contributed by atoms with Crippen LogP contribution in [-0.4, -0.2) is 17.0 Å². The summed E-state index contributed by atoms with van der Waals surface area (Å²) >= 11 is 11.8. The molecule has 0 radical (unpaired) electrons. The van der Waals surface area contributed by atoms with E-state index in [1.807, 2.05) is 0 Å². The second kappa shape index (κ2) is 3.81. The van der Waals surface area contributed by atoms with Crippen molar-refractivity contribution in [2.75, 3.05) is 7.05 Å². The maximum Gasteiger partial charge on any atom is 0.330 e. The van der Waals surface area contributed by atoms with Crippen LogP contribution in [0.15, 0.2) is 16.9 Å². The van der Waals surface area contributed by atoms with Crippen LogP contribution in [0.2, 0.25) is 10.0 Å². The molecule has 0 bridgehead atoms. The molecule has 0 fully saturated rings. The fourth-order valence-electron chi connectivity index (χ4n) is 1.33. The zero-order chi connectivity index (χ0) is 11.0. The summed E-state index contributed by atoms with van der Waals surface area (Å²) in [4.78, 5) is 18.3. The summed E-state index contributed by atoms with van der Waals surface area (Å²) in [5.41, 5.74) is 0.839. The van der Waals surface area contributed by atoms with Crippen LogP contribution in [-0.2, 0) is 0 Å². The molecule has 0 spiro atoms. The molecule has 4 nitrogen and oxygen atoms in total. The van der Waals surface area contributed by atoms with Crippen LogP contribution >= 0.6 is 23.2 Å². The van der Waals surface area contributed by atoms with Gasteiger partial charge in [0.05, 0.1) is 23.1 Å². The van der Waals surface area contributed by atoms with Gasteiger partial charge in [0.1, 0.15) is 0 Å². The van der Waals surface area contributed by atoms with Crippen LogP contribution in [0, 0.1) is 0 Å². The molecule has 78 valence electrons. The molecule has 0 atom stereocenters. The third-order valence-corrected chi connectivity index (χ3v) is 2.54. The van der Waals surface area contributed by atoms with Crippen LogP contribution in [0.3, 0.4) is 0 Å². The highest BCUT2D eigenvalue weighted by molar-refractivity contribution is 6.38. The second-order valence-corrected chi connectivity index (χ2v) is 3.87. The van der Waals surface area contributed by atoms with Gasteiger partial charge in [-0.05, 0) is 12.1 Å². The van der Waals surface area contributed by atoms with E-state index < -0.39 is 0 Å². The van der Waals surface area contributed by atoms with Crippen molar-refractivity contribution in [2.24, 2.45) is 0 Å². The van der Waals surface area contributed by atoms with Gasteiger partial charge in [0, 0.05) is 5.02 Å². The largest absolute Gasteiger partial charge is 0.330 e. The van der Waals surface area contributed by atoms with E-state index in [4.69, 9.17) is 23.2 Å². The number of H-pyrrole nitrogens is 1. The molecule has 6 heteroatoms. The first-order chi connectivity index (χ1) is 7.11. The average molecular weight is 245 g/mol. The highest BCUT2D eigenvalue weighted by Crippen LogP contribution is 2.24. The average Bonchev–Trinajstić information content (AvgIpc) is 2.18. The van der Waals surface area contributed by atoms with Crippen molar-refractivity contribution in [1.82, 2.24) is 9.97 Å². The lowest BCUT2D eigenvalue weighted by molar-refractivity contribution is -0.544. The Labute approximate surface area is 95.2 Å². The predicted molar refractivity (Wildman–Crippen MR) is 59.9 cm³/mol. The Hall–Kier alpha value is -1.10. The van der Waals surface area contributed by atoms with Crippen molar-refractivity contribution in [2.45, 2.75) is 0 Å². The van der Waals surface area contributed by atoms with Gasteiger partial charge in [0.25, 0.3) is 5.82 Å². The number of aromatic nitrogens is 2. The number of nitrogens with one attached hydrogen (secondary N) is 1. The molecule has 1 aromatic heterocycles. The molecular weight excluding hydrogens is 237 g/mol. The summed E-state index contributed by atoms with van der Waals surface area (Å²) in [6.45, 7) is 0. The van der Waals surface area contributed by atoms with Crippen molar-refractivity contribution in [3.63, 3.8) is 0 Å². The lowest BCUT2D eigenvalue weighted by atomic mass is 10.3. The Balaban J connectivity index is 2.87. The summed E-state index contributed by atoms with van der Waals surface area (Å²) in [5.74, 6) is 0.362. The summed E-state index contributed by atoms with van der Waals surface area (Å²) in [5, 5.41) is 2.52. The number of quaternary nitrogens is 1. The van der Waals surface area contributed by atoms with Gasteiger partial charge in [-0.3, -0.25) is 10.1 Å². The van der Waals surface area contributed by atoms with E-state index in [-0.39, 0.29) is 5.56 Å². The topological polar surface area (TPSA) is 62.4 Å². The third kappa shape index (κ3) is 1.84. The van der Waals surface area contributed by atoms with Gasteiger partial charge in [-0.25, -0.2) is 0 Å². The maximum absolute atomic E-state index is 11.5. The van der Waals surface area contributed by atoms with Gasteiger partial charge >= 0.3 is 5.56 Å². The number of aromatic amines is 1. The predicted octanol–water partition coefficient (Wildman–Crippen LogP) is 1.05. The maximum atomic E-state index is 11.5. The molecule has 15 heavy (non-hydrogen) atoms. The van der Waals surface area contributed by atoms with Crippen LogP contribution in [0.4, 0.5) is 5.82 Å². The highest BCUT2D eigenvalue weighted by atomic mass is 35.5. The number of fused-ring (bicyclic) bond motifs is 1. The molecule has 2 aromatic rings. The van der Waals surface area contributed by atoms with Crippen LogP contribution in [0.1, 0.15) is 0 Å². The van der Waals surface area contributed by atoms with E-state index >= 15 is 0 Å². The molecule has 0 saturated carbocycles. The molecule has 0 aliphatic heterocycles. The monoisotopic (exact) mass is 244 g/mol. The number of rotatable bonds is 1. The minimum Gasteiger partial charge on any atom is -0.313 e. The van der Waals surface area contributed by atoms with E-state index in [0.717, 1.165) is 0 Å². The van der Waals surface area contributed by atoms with Crippen molar-refractivity contribution in [1.29, 1.82) is 0 Å². The molecule has 1 heterocycles. The van der Waals surface area contributed by atoms with E-state index in [9.17, 15) is 4.79 Å². The Morgan fingerprint density at radius 2 is 2.13 bits per heavy atom. The number of nitrogens with zero attached hydrogens (tertiary/aromatic N) is 1. The highest BCUT2D eigenvalue weighted by Gasteiger charge is 2.09. The smallest absolute Gasteiger partial charge is 0.313 e. The lowest BCUT2D eigenvalue weighted by Crippen LogP contribution is -2.75. The van der Waals surface area contributed by atoms with E-state index in [2.05, 4.69) is 9.97 Å². The Kier molecular flexibility index (Phi) is 2.65. The van der Waals surface area contributed by atoms with Gasteiger partial charge in [0.2, 0.25) is 0 Å². The van der Waals surface area contributed by atoms with Crippen LogP contribution < -0.4 is 10.9 Å². The van der Waals surface area contributed by atoms with Crippen molar-refractivity contribution >= 4 is 40.1 Å². The Bertz CT molecular complexity index is 579. The van der Waals surface area contributed by atoms with Crippen molar-refractivity contribution < 1.29 is 5.32 Å². The molecule has 0 unspecified atom stereocenters. The second-order valence-electron chi connectivity index (χ2n) is 3.02. The van der Waals surface area contributed by atoms with Crippen molar-refractivity contribution in [3.05, 3.63) is 32.5 Å². The standard InChI is InChI=1S/C9H7Cl2N3O/c1-12-8-9(15)14-7-5(11)2-4(10)3-6(7)13-8/h2-3H,1H3,(H,12,13)(H,14,15)/p+1. The number of halogens is 2. The first-order valence-corrected chi connectivity index (χ1v) is 5.06. The summed E-state index contributed by atoms with van der Waals surface area (Å²) in [6, 6.07) is 3.23. The minimum atomic E-state index is -0.255. The van der Waals surface area contributed by atoms with Gasteiger partial charge in [-0.1, -0.05) is 23.2 Å². The lowest BCUT2D eigenvalue weighted by Gasteiger charge is -2.01. The molecule has 0 saturated heterocycles. The van der Waals surface area contributed by atoms with Crippen LogP contribution in [0.5, 0.6) is 0 Å². The molecule has 1 aromatic carbocycles. The summed E-state index contributed by atoms with van der Waals surface area (Å²) < 4.78 is 0. The molecule has 0 aliphatic rings. The van der Waals surface area contributed by atoms with Gasteiger partial charge < -0.3 is 4.98 Å². The van der Waals surface area contributed by atoms with E-state index in [1.165, 1.54) is 0 Å². The fourth-order valence-corrected chi connectivity index (χ4v) is 1.86. The van der Waals surface area contributed by atoms with Crippen molar-refractivity contribution in [3.8, 4) is 0 Å². The van der Waals surface area contributed by atoms with Gasteiger partial charge in [-0.15, -0.1) is 0 Å². The molecule has 0 aliphatic carbocycles. The summed E-state index contributed by atoms with van der Waals surface area (Å²) in [7, 11) is 1.75. The SMILES string of the molecule is C[NH2+]c1nc2cc(Cl)cc(Cl)c2[nH]c1=O. The molecule has 3 N–H and O–H groups in total. The molecule has 0 amide bonds. The molecular formula is C9H8Cl2N3O+. The normalized spacial score (nSPS) is 10.9. The third-order valence-electron chi connectivity index (χ3n) is 2.02. The fraction of sp³-hybridized carbons (Fsp3) is 0.111. The molecule has 2 rings (SSSR count). The summed E-state index contributed by atoms with van der Waals surface area (Å²) in [6.07, 6.45) is 0. The van der Waals surface area contributed by atoms with Gasteiger partial charge in [0.15, 0.2) is 0 Å². The Morgan fingerprint density at radius 3 is 2.80 bits per heavy atom. The first-order valence-electron chi connectivity index (χ1n) is 4.30. The van der Waals surface area contributed by atoms with E-state index in [0.29, 0.717) is 26.9 Å². The number of benzene rings is 1. The van der Waals surface area contributed by atoms with Gasteiger partial charge in [-0.2, -0.15) is 4.98 Å². The van der Waals surface area contributed by atoms with E-state index in [1.54, 1.807) is 24.5 Å². The quantitative estimate of drug-likeness (QED) is 0.788. The number of hydrogen-bond acceptors (Lipinski definition) is 2. The first kappa shape index (κ1) is 10.4.